The second-order valence-electron chi connectivity index (χ2n) is 5.16. The molecule has 0 saturated carbocycles. The predicted molar refractivity (Wildman–Crippen MR) is 98.4 cm³/mol. The first kappa shape index (κ1) is 16.8. The maximum absolute atomic E-state index is 11.6. The molecule has 0 radical (unpaired) electrons. The number of pyridine rings is 1. The van der Waals surface area contributed by atoms with Crippen molar-refractivity contribution in [2.75, 3.05) is 10.6 Å². The normalized spacial score (nSPS) is 10.3. The van der Waals surface area contributed by atoms with Gasteiger partial charge in [-0.15, -0.1) is 0 Å². The van der Waals surface area contributed by atoms with Crippen molar-refractivity contribution in [2.24, 2.45) is 0 Å². The summed E-state index contributed by atoms with van der Waals surface area (Å²) in [4.78, 5) is 23.2. The Kier molecular flexibility index (Phi) is 4.85. The molecule has 0 aliphatic heterocycles. The zero-order valence-electron chi connectivity index (χ0n) is 13.1. The molecule has 1 aromatic carbocycles. The maximum Gasteiger partial charge on any atom is 0.353 e. The van der Waals surface area contributed by atoms with Crippen molar-refractivity contribution in [1.29, 1.82) is 0 Å². The van der Waals surface area contributed by atoms with E-state index < -0.39 is 4.92 Å². The highest BCUT2D eigenvalue weighted by atomic mass is 79.9. The SMILES string of the molecule is Cc1ccnc(Nc2ncnc(Nc3cccc(Br)c3)c2[N+](=O)[O-])c1. The van der Waals surface area contributed by atoms with Gasteiger partial charge >= 0.3 is 5.69 Å². The van der Waals surface area contributed by atoms with Gasteiger partial charge in [-0.25, -0.2) is 15.0 Å². The molecule has 0 fully saturated rings. The standard InChI is InChI=1S/C16H13BrN6O2/c1-10-5-6-18-13(7-10)22-16-14(23(24)25)15(19-9-20-16)21-12-4-2-3-11(17)8-12/h2-9H,1H3,(H2,18,19,20,21,22). The van der Waals surface area contributed by atoms with Crippen LogP contribution in [-0.4, -0.2) is 19.9 Å². The molecule has 0 aliphatic rings. The van der Waals surface area contributed by atoms with E-state index in [4.69, 9.17) is 0 Å². The lowest BCUT2D eigenvalue weighted by Gasteiger charge is -2.10. The van der Waals surface area contributed by atoms with Gasteiger partial charge in [-0.1, -0.05) is 22.0 Å². The van der Waals surface area contributed by atoms with E-state index in [1.165, 1.54) is 6.33 Å². The molecule has 0 bridgehead atoms. The highest BCUT2D eigenvalue weighted by Crippen LogP contribution is 2.33. The van der Waals surface area contributed by atoms with Gasteiger partial charge in [-0.3, -0.25) is 10.1 Å². The van der Waals surface area contributed by atoms with Gasteiger partial charge in [0.1, 0.15) is 12.1 Å². The smallest absolute Gasteiger partial charge is 0.334 e. The Bertz CT molecular complexity index is 868. The number of nitro groups is 1. The van der Waals surface area contributed by atoms with Gasteiger partial charge in [-0.05, 0) is 42.8 Å². The highest BCUT2D eigenvalue weighted by Gasteiger charge is 2.23. The summed E-state index contributed by atoms with van der Waals surface area (Å²) in [6, 6.07) is 10.9. The topological polar surface area (TPSA) is 106 Å². The minimum atomic E-state index is -0.529. The first-order chi connectivity index (χ1) is 12.0. The molecule has 2 heterocycles. The van der Waals surface area contributed by atoms with E-state index in [0.29, 0.717) is 11.5 Å². The van der Waals surface area contributed by atoms with Crippen molar-refractivity contribution in [2.45, 2.75) is 6.92 Å². The van der Waals surface area contributed by atoms with Crippen molar-refractivity contribution >= 4 is 44.8 Å². The maximum atomic E-state index is 11.6. The molecule has 2 aromatic heterocycles. The minimum Gasteiger partial charge on any atom is -0.334 e. The van der Waals surface area contributed by atoms with Crippen LogP contribution in [0.5, 0.6) is 0 Å². The van der Waals surface area contributed by atoms with Gasteiger partial charge < -0.3 is 10.6 Å². The molecule has 0 atom stereocenters. The van der Waals surface area contributed by atoms with E-state index in [0.717, 1.165) is 10.0 Å². The molecule has 0 aliphatic carbocycles. The molecule has 0 saturated heterocycles. The van der Waals surface area contributed by atoms with E-state index in [-0.39, 0.29) is 17.3 Å². The lowest BCUT2D eigenvalue weighted by atomic mass is 10.3. The second-order valence-corrected chi connectivity index (χ2v) is 6.07. The fourth-order valence-corrected chi connectivity index (χ4v) is 2.56. The number of rotatable bonds is 5. The zero-order valence-corrected chi connectivity index (χ0v) is 14.7. The fraction of sp³-hybridized carbons (Fsp3) is 0.0625. The largest absolute Gasteiger partial charge is 0.353 e. The molecule has 8 nitrogen and oxygen atoms in total. The summed E-state index contributed by atoms with van der Waals surface area (Å²) < 4.78 is 0.844. The van der Waals surface area contributed by atoms with Crippen LogP contribution in [0.15, 0.2) is 53.4 Å². The highest BCUT2D eigenvalue weighted by molar-refractivity contribution is 9.10. The van der Waals surface area contributed by atoms with Crippen LogP contribution in [0.3, 0.4) is 0 Å². The molecule has 25 heavy (non-hydrogen) atoms. The summed E-state index contributed by atoms with van der Waals surface area (Å²) in [6.45, 7) is 1.90. The predicted octanol–water partition coefficient (Wildman–Crippen LogP) is 4.34. The second kappa shape index (κ2) is 7.22. The first-order valence-electron chi connectivity index (χ1n) is 7.24. The summed E-state index contributed by atoms with van der Waals surface area (Å²) in [5, 5.41) is 17.4. The van der Waals surface area contributed by atoms with Crippen LogP contribution in [0.25, 0.3) is 0 Å². The van der Waals surface area contributed by atoms with Crippen molar-refractivity contribution in [3.8, 4) is 0 Å². The Balaban J connectivity index is 1.98. The number of benzene rings is 1. The molecule has 2 N–H and O–H groups in total. The van der Waals surface area contributed by atoms with Crippen LogP contribution < -0.4 is 10.6 Å². The van der Waals surface area contributed by atoms with Gasteiger partial charge in [0.15, 0.2) is 0 Å². The molecule has 9 heteroatoms. The van der Waals surface area contributed by atoms with E-state index in [1.54, 1.807) is 24.4 Å². The van der Waals surface area contributed by atoms with Gasteiger partial charge in [0, 0.05) is 16.4 Å². The fourth-order valence-electron chi connectivity index (χ4n) is 2.16. The number of aromatic nitrogens is 3. The van der Waals surface area contributed by atoms with Crippen molar-refractivity contribution in [1.82, 2.24) is 15.0 Å². The molecular weight excluding hydrogens is 388 g/mol. The molecule has 3 rings (SSSR count). The van der Waals surface area contributed by atoms with Gasteiger partial charge in [0.2, 0.25) is 11.6 Å². The summed E-state index contributed by atoms with van der Waals surface area (Å²) in [7, 11) is 0. The van der Waals surface area contributed by atoms with Gasteiger partial charge in [-0.2, -0.15) is 0 Å². The third kappa shape index (κ3) is 4.07. The van der Waals surface area contributed by atoms with Gasteiger partial charge in [0.05, 0.1) is 4.92 Å². The Morgan fingerprint density at radius 2 is 1.84 bits per heavy atom. The molecule has 0 amide bonds. The minimum absolute atomic E-state index is 0.0654. The number of hydrogen-bond acceptors (Lipinski definition) is 7. The Morgan fingerprint density at radius 3 is 2.52 bits per heavy atom. The van der Waals surface area contributed by atoms with Crippen molar-refractivity contribution < 1.29 is 4.92 Å². The quantitative estimate of drug-likeness (QED) is 0.484. The molecule has 0 unspecified atom stereocenters. The number of halogens is 1. The third-order valence-electron chi connectivity index (χ3n) is 3.25. The number of hydrogen-bond donors (Lipinski definition) is 2. The van der Waals surface area contributed by atoms with Crippen molar-refractivity contribution in [3.63, 3.8) is 0 Å². The van der Waals surface area contributed by atoms with E-state index >= 15 is 0 Å². The lowest BCUT2D eigenvalue weighted by Crippen LogP contribution is -2.06. The van der Waals surface area contributed by atoms with E-state index in [2.05, 4.69) is 41.5 Å². The Morgan fingerprint density at radius 1 is 1.08 bits per heavy atom. The Labute approximate surface area is 151 Å². The molecular formula is C16H13BrN6O2. The Hall–Kier alpha value is -3.07. The average molecular weight is 401 g/mol. The number of aryl methyl sites for hydroxylation is 1. The average Bonchev–Trinajstić information content (AvgIpc) is 2.55. The van der Waals surface area contributed by atoms with E-state index in [9.17, 15) is 10.1 Å². The van der Waals surface area contributed by atoms with Crippen LogP contribution in [0.4, 0.5) is 28.8 Å². The van der Waals surface area contributed by atoms with Crippen LogP contribution in [0, 0.1) is 17.0 Å². The van der Waals surface area contributed by atoms with Crippen LogP contribution in [0.2, 0.25) is 0 Å². The third-order valence-corrected chi connectivity index (χ3v) is 3.75. The molecule has 3 aromatic rings. The van der Waals surface area contributed by atoms with E-state index in [1.807, 2.05) is 25.1 Å². The van der Waals surface area contributed by atoms with Crippen LogP contribution >= 0.6 is 15.9 Å². The number of nitrogens with zero attached hydrogens (tertiary/aromatic N) is 4. The lowest BCUT2D eigenvalue weighted by molar-refractivity contribution is -0.383. The summed E-state index contributed by atoms with van der Waals surface area (Å²) in [5.74, 6) is 0.624. The number of nitrogens with one attached hydrogen (secondary N) is 2. The molecule has 126 valence electrons. The van der Waals surface area contributed by atoms with Crippen LogP contribution in [0.1, 0.15) is 5.56 Å². The summed E-state index contributed by atoms with van der Waals surface area (Å²) >= 11 is 3.36. The van der Waals surface area contributed by atoms with Crippen LogP contribution in [-0.2, 0) is 0 Å². The molecule has 0 spiro atoms. The van der Waals surface area contributed by atoms with Gasteiger partial charge in [0.25, 0.3) is 0 Å². The number of anilines is 4. The summed E-state index contributed by atoms with van der Waals surface area (Å²) in [6.07, 6.45) is 2.87. The first-order valence-corrected chi connectivity index (χ1v) is 8.04. The summed E-state index contributed by atoms with van der Waals surface area (Å²) in [5.41, 5.74) is 1.38. The monoisotopic (exact) mass is 400 g/mol. The van der Waals surface area contributed by atoms with Crippen molar-refractivity contribution in [3.05, 3.63) is 69.1 Å². The zero-order chi connectivity index (χ0) is 17.8.